The lowest BCUT2D eigenvalue weighted by molar-refractivity contribution is 0.632. The summed E-state index contributed by atoms with van der Waals surface area (Å²) in [5.74, 6) is 0. The second-order valence-corrected chi connectivity index (χ2v) is 10.1. The SMILES string of the molecule is Brc1ccc2c(c1)C1(C3=C(CCCC3)c3ccccc31)c1cc(Br)ccc1C=C2. The Bertz CT molecular complexity index is 1170. The van der Waals surface area contributed by atoms with Gasteiger partial charge in [-0.25, -0.2) is 0 Å². The molecule has 0 radical (unpaired) electrons. The second kappa shape index (κ2) is 6.55. The fourth-order valence-corrected chi connectivity index (χ4v) is 6.51. The number of fused-ring (bicyclic) bond motifs is 8. The minimum Gasteiger partial charge on any atom is -0.0619 e. The van der Waals surface area contributed by atoms with E-state index in [1.165, 1.54) is 59.1 Å². The molecule has 29 heavy (non-hydrogen) atoms. The van der Waals surface area contributed by atoms with Gasteiger partial charge in [0.25, 0.3) is 0 Å². The molecule has 3 aliphatic rings. The van der Waals surface area contributed by atoms with Crippen molar-refractivity contribution >= 4 is 49.6 Å². The number of halogens is 2. The predicted octanol–water partition coefficient (Wildman–Crippen LogP) is 8.37. The third kappa shape index (κ3) is 2.42. The fourth-order valence-electron chi connectivity index (χ4n) is 5.79. The topological polar surface area (TPSA) is 0 Å². The maximum atomic E-state index is 3.78. The first-order valence-corrected chi connectivity index (χ1v) is 11.9. The van der Waals surface area contributed by atoms with Crippen molar-refractivity contribution in [2.75, 3.05) is 0 Å². The van der Waals surface area contributed by atoms with Gasteiger partial charge in [0.2, 0.25) is 0 Å². The summed E-state index contributed by atoms with van der Waals surface area (Å²) in [4.78, 5) is 0. The molecule has 142 valence electrons. The summed E-state index contributed by atoms with van der Waals surface area (Å²) in [7, 11) is 0. The third-order valence-electron chi connectivity index (χ3n) is 6.86. The molecule has 3 aromatic carbocycles. The fraction of sp³-hybridized carbons (Fsp3) is 0.185. The molecule has 0 amide bonds. The van der Waals surface area contributed by atoms with Gasteiger partial charge >= 0.3 is 0 Å². The normalized spacial score (nSPS) is 18.1. The van der Waals surface area contributed by atoms with Gasteiger partial charge in [-0.05, 0) is 94.5 Å². The Morgan fingerprint density at radius 3 is 1.97 bits per heavy atom. The van der Waals surface area contributed by atoms with Crippen LogP contribution in [0.4, 0.5) is 0 Å². The van der Waals surface area contributed by atoms with Crippen LogP contribution in [0.5, 0.6) is 0 Å². The van der Waals surface area contributed by atoms with Crippen LogP contribution in [0, 0.1) is 0 Å². The molecule has 6 rings (SSSR count). The van der Waals surface area contributed by atoms with Gasteiger partial charge in [0.1, 0.15) is 0 Å². The number of benzene rings is 3. The lowest BCUT2D eigenvalue weighted by Crippen LogP contribution is -2.31. The molecule has 3 aliphatic carbocycles. The lowest BCUT2D eigenvalue weighted by Gasteiger charge is -2.38. The summed E-state index contributed by atoms with van der Waals surface area (Å²) in [6.45, 7) is 0. The van der Waals surface area contributed by atoms with Crippen LogP contribution in [-0.4, -0.2) is 0 Å². The summed E-state index contributed by atoms with van der Waals surface area (Å²) in [6.07, 6.45) is 9.52. The first kappa shape index (κ1) is 17.9. The van der Waals surface area contributed by atoms with Crippen LogP contribution in [0.1, 0.15) is 59.1 Å². The zero-order chi connectivity index (χ0) is 19.6. The molecule has 2 heteroatoms. The molecule has 0 bridgehead atoms. The van der Waals surface area contributed by atoms with Gasteiger partial charge in [-0.2, -0.15) is 0 Å². The van der Waals surface area contributed by atoms with Gasteiger partial charge in [0.15, 0.2) is 0 Å². The first-order valence-electron chi connectivity index (χ1n) is 10.3. The van der Waals surface area contributed by atoms with E-state index < -0.39 is 0 Å². The number of rotatable bonds is 0. The highest BCUT2D eigenvalue weighted by Crippen LogP contribution is 2.60. The standard InChI is InChI=1S/C27H20Br2/c28-19-13-11-17-9-10-18-12-14-20(29)16-26(18)27(25(17)15-19)23-7-3-1-5-21(23)22-6-2-4-8-24(22)27/h1,3,5,7,9-16H,2,4,6,8H2. The van der Waals surface area contributed by atoms with E-state index >= 15 is 0 Å². The maximum absolute atomic E-state index is 3.78. The molecule has 0 nitrogen and oxygen atoms in total. The quantitative estimate of drug-likeness (QED) is 0.289. The highest BCUT2D eigenvalue weighted by atomic mass is 79.9. The first-order chi connectivity index (χ1) is 14.2. The Morgan fingerprint density at radius 1 is 0.655 bits per heavy atom. The summed E-state index contributed by atoms with van der Waals surface area (Å²) in [6, 6.07) is 22.7. The van der Waals surface area contributed by atoms with E-state index in [9.17, 15) is 0 Å². The number of hydrogen-bond acceptors (Lipinski definition) is 0. The van der Waals surface area contributed by atoms with Crippen LogP contribution in [0.2, 0.25) is 0 Å². The van der Waals surface area contributed by atoms with Gasteiger partial charge in [-0.3, -0.25) is 0 Å². The van der Waals surface area contributed by atoms with Crippen molar-refractivity contribution in [1.29, 1.82) is 0 Å². The van der Waals surface area contributed by atoms with Crippen molar-refractivity contribution in [1.82, 2.24) is 0 Å². The smallest absolute Gasteiger partial charge is 0.0619 e. The van der Waals surface area contributed by atoms with Gasteiger partial charge in [-0.15, -0.1) is 0 Å². The lowest BCUT2D eigenvalue weighted by atomic mass is 9.64. The van der Waals surface area contributed by atoms with E-state index in [-0.39, 0.29) is 5.41 Å². The van der Waals surface area contributed by atoms with E-state index in [1.807, 2.05) is 0 Å². The van der Waals surface area contributed by atoms with Crippen molar-refractivity contribution in [3.05, 3.63) is 109 Å². The molecule has 0 N–H and O–H groups in total. The average molecular weight is 504 g/mol. The van der Waals surface area contributed by atoms with Crippen molar-refractivity contribution < 1.29 is 0 Å². The number of allylic oxidation sites excluding steroid dienone is 2. The maximum Gasteiger partial charge on any atom is 0.0685 e. The van der Waals surface area contributed by atoms with Crippen LogP contribution in [0.3, 0.4) is 0 Å². The molecule has 3 aromatic rings. The molecule has 0 aromatic heterocycles. The highest BCUT2D eigenvalue weighted by Gasteiger charge is 2.50. The molecule has 0 atom stereocenters. The summed E-state index contributed by atoms with van der Waals surface area (Å²) in [5.41, 5.74) is 11.3. The van der Waals surface area contributed by atoms with Gasteiger partial charge in [0.05, 0.1) is 5.41 Å². The minimum absolute atomic E-state index is 0.214. The van der Waals surface area contributed by atoms with Crippen molar-refractivity contribution in [2.45, 2.75) is 31.1 Å². The zero-order valence-electron chi connectivity index (χ0n) is 16.0. The van der Waals surface area contributed by atoms with Crippen LogP contribution >= 0.6 is 31.9 Å². The average Bonchev–Trinajstić information content (AvgIpc) is 2.96. The molecule has 0 unspecified atom stereocenters. The van der Waals surface area contributed by atoms with E-state index in [0.29, 0.717) is 0 Å². The van der Waals surface area contributed by atoms with Crippen molar-refractivity contribution in [3.63, 3.8) is 0 Å². The van der Waals surface area contributed by atoms with Gasteiger partial charge < -0.3 is 0 Å². The molecule has 1 spiro atoms. The predicted molar refractivity (Wildman–Crippen MR) is 129 cm³/mol. The zero-order valence-corrected chi connectivity index (χ0v) is 19.2. The monoisotopic (exact) mass is 502 g/mol. The molecule has 0 fully saturated rings. The van der Waals surface area contributed by atoms with Crippen molar-refractivity contribution in [3.8, 4) is 0 Å². The Balaban J connectivity index is 1.84. The van der Waals surface area contributed by atoms with E-state index in [0.717, 1.165) is 8.95 Å². The Labute approximate surface area is 188 Å². The molecule has 0 heterocycles. The molecule has 0 saturated carbocycles. The van der Waals surface area contributed by atoms with E-state index in [2.05, 4.69) is 105 Å². The van der Waals surface area contributed by atoms with Crippen LogP contribution in [-0.2, 0) is 5.41 Å². The van der Waals surface area contributed by atoms with E-state index in [1.54, 1.807) is 11.1 Å². The van der Waals surface area contributed by atoms with Gasteiger partial charge in [-0.1, -0.05) is 80.4 Å². The van der Waals surface area contributed by atoms with Crippen molar-refractivity contribution in [2.24, 2.45) is 0 Å². The highest BCUT2D eigenvalue weighted by molar-refractivity contribution is 9.10. The minimum atomic E-state index is -0.214. The van der Waals surface area contributed by atoms with Crippen LogP contribution in [0.15, 0.2) is 75.2 Å². The number of hydrogen-bond donors (Lipinski definition) is 0. The molecule has 0 aliphatic heterocycles. The largest absolute Gasteiger partial charge is 0.0685 e. The van der Waals surface area contributed by atoms with Crippen LogP contribution in [0.25, 0.3) is 17.7 Å². The van der Waals surface area contributed by atoms with Gasteiger partial charge in [0, 0.05) is 8.95 Å². The molecular weight excluding hydrogens is 484 g/mol. The molecule has 0 saturated heterocycles. The van der Waals surface area contributed by atoms with E-state index in [4.69, 9.17) is 0 Å². The summed E-state index contributed by atoms with van der Waals surface area (Å²) in [5, 5.41) is 0. The molecular formula is C27H20Br2. The second-order valence-electron chi connectivity index (χ2n) is 8.26. The summed E-state index contributed by atoms with van der Waals surface area (Å²) < 4.78 is 2.29. The summed E-state index contributed by atoms with van der Waals surface area (Å²) >= 11 is 7.56. The Hall–Kier alpha value is -1.90. The third-order valence-corrected chi connectivity index (χ3v) is 7.84. The Morgan fingerprint density at radius 2 is 1.28 bits per heavy atom. The van der Waals surface area contributed by atoms with Crippen LogP contribution < -0.4 is 0 Å². The Kier molecular flexibility index (Phi) is 4.05.